The predicted molar refractivity (Wildman–Crippen MR) is 86.0 cm³/mol. The number of rotatable bonds is 6. The third-order valence-electron chi connectivity index (χ3n) is 4.04. The summed E-state index contributed by atoms with van der Waals surface area (Å²) in [6.45, 7) is 6.96. The molecular weight excluding hydrogens is 314 g/mol. The number of thioether (sulfide) groups is 1. The summed E-state index contributed by atoms with van der Waals surface area (Å²) < 4.78 is 1.79. The van der Waals surface area contributed by atoms with E-state index >= 15 is 0 Å². The quantitative estimate of drug-likeness (QED) is 0.645. The van der Waals surface area contributed by atoms with Crippen LogP contribution in [-0.2, 0) is 0 Å². The smallest absolute Gasteiger partial charge is 0.210 e. The lowest BCUT2D eigenvalue weighted by atomic mass is 10.0. The Morgan fingerprint density at radius 1 is 1.35 bits per heavy atom. The first-order valence-electron chi connectivity index (χ1n) is 7.59. The van der Waals surface area contributed by atoms with Gasteiger partial charge in [0, 0.05) is 11.3 Å². The molecule has 0 aliphatic heterocycles. The van der Waals surface area contributed by atoms with Crippen molar-refractivity contribution in [3.8, 4) is 0 Å². The van der Waals surface area contributed by atoms with Gasteiger partial charge in [-0.3, -0.25) is 9.59 Å². The molecule has 1 saturated carbocycles. The number of aryl methyl sites for hydroxylation is 1. The molecule has 1 aliphatic carbocycles. The molecule has 0 bridgehead atoms. The average Bonchev–Trinajstić information content (AvgIpc) is 3.15. The summed E-state index contributed by atoms with van der Waals surface area (Å²) in [5, 5.41) is 12.0. The minimum absolute atomic E-state index is 0.0340. The van der Waals surface area contributed by atoms with E-state index < -0.39 is 0 Å². The highest BCUT2D eigenvalue weighted by Gasteiger charge is 2.30. The fourth-order valence-corrected chi connectivity index (χ4v) is 3.67. The first kappa shape index (κ1) is 15.9. The number of aromatic amines is 1. The number of carbonyl (C=O) groups is 2. The van der Waals surface area contributed by atoms with E-state index in [-0.39, 0.29) is 16.8 Å². The molecule has 122 valence electrons. The Balaban J connectivity index is 1.81. The average molecular weight is 333 g/mol. The molecule has 0 spiro atoms. The summed E-state index contributed by atoms with van der Waals surface area (Å²) in [5.41, 5.74) is 2.55. The van der Waals surface area contributed by atoms with Gasteiger partial charge in [0.25, 0.3) is 0 Å². The van der Waals surface area contributed by atoms with Crippen LogP contribution >= 0.6 is 11.8 Å². The van der Waals surface area contributed by atoms with Crippen molar-refractivity contribution >= 4 is 23.3 Å². The highest BCUT2D eigenvalue weighted by atomic mass is 32.2. The molecule has 23 heavy (non-hydrogen) atoms. The van der Waals surface area contributed by atoms with E-state index in [1.54, 1.807) is 11.6 Å². The van der Waals surface area contributed by atoms with Gasteiger partial charge in [-0.2, -0.15) is 0 Å². The summed E-state index contributed by atoms with van der Waals surface area (Å²) in [4.78, 5) is 27.5. The number of Topliss-reactive ketones (excluding diaryl/α,β-unsaturated/α-hetero) is 2. The largest absolute Gasteiger partial charge is 0.355 e. The van der Waals surface area contributed by atoms with E-state index in [9.17, 15) is 9.59 Å². The van der Waals surface area contributed by atoms with Crippen LogP contribution in [0.3, 0.4) is 0 Å². The second-order valence-corrected chi connectivity index (χ2v) is 7.25. The van der Waals surface area contributed by atoms with Crippen molar-refractivity contribution in [1.82, 2.24) is 25.2 Å². The Kier molecular flexibility index (Phi) is 4.09. The summed E-state index contributed by atoms with van der Waals surface area (Å²) in [6.07, 6.45) is 2.16. The Labute approximate surface area is 138 Å². The first-order chi connectivity index (χ1) is 10.9. The zero-order valence-electron chi connectivity index (χ0n) is 13.6. The Morgan fingerprint density at radius 2 is 2.04 bits per heavy atom. The molecule has 0 unspecified atom stereocenters. The van der Waals surface area contributed by atoms with Crippen LogP contribution in [0.15, 0.2) is 5.16 Å². The number of hydrogen-bond acceptors (Lipinski definition) is 6. The molecule has 8 heteroatoms. The highest BCUT2D eigenvalue weighted by Crippen LogP contribution is 2.37. The first-order valence-corrected chi connectivity index (χ1v) is 8.47. The Hall–Kier alpha value is -1.96. The van der Waals surface area contributed by atoms with Gasteiger partial charge in [-0.1, -0.05) is 11.8 Å². The summed E-state index contributed by atoms with van der Waals surface area (Å²) >= 11 is 1.35. The zero-order chi connectivity index (χ0) is 16.7. The third kappa shape index (κ3) is 2.95. The van der Waals surface area contributed by atoms with Gasteiger partial charge in [0.15, 0.2) is 11.6 Å². The van der Waals surface area contributed by atoms with Gasteiger partial charge in [0.2, 0.25) is 5.16 Å². The van der Waals surface area contributed by atoms with Crippen molar-refractivity contribution in [2.45, 2.75) is 57.0 Å². The highest BCUT2D eigenvalue weighted by molar-refractivity contribution is 8.00. The van der Waals surface area contributed by atoms with Crippen LogP contribution < -0.4 is 0 Å². The van der Waals surface area contributed by atoms with Gasteiger partial charge in [0.05, 0.1) is 17.0 Å². The topological polar surface area (TPSA) is 93.5 Å². The summed E-state index contributed by atoms with van der Waals surface area (Å²) in [6, 6.07) is 0.369. The van der Waals surface area contributed by atoms with E-state index in [0.29, 0.717) is 28.0 Å². The molecule has 0 radical (unpaired) electrons. The van der Waals surface area contributed by atoms with Crippen molar-refractivity contribution in [2.24, 2.45) is 0 Å². The molecule has 2 aromatic rings. The maximum Gasteiger partial charge on any atom is 0.210 e. The summed E-state index contributed by atoms with van der Waals surface area (Å²) in [7, 11) is 0. The molecule has 3 rings (SSSR count). The molecule has 0 amide bonds. The molecule has 7 nitrogen and oxygen atoms in total. The minimum atomic E-state index is -0.338. The molecular formula is C15H19N5O2S. The SMILES string of the molecule is CC(=O)c1c(C)[nH]c(C(=O)[C@@H](C)Sc2nnnn2C2CC2)c1C. The Morgan fingerprint density at radius 3 is 2.61 bits per heavy atom. The van der Waals surface area contributed by atoms with Gasteiger partial charge >= 0.3 is 0 Å². The number of hydrogen-bond donors (Lipinski definition) is 1. The molecule has 1 aliphatic rings. The van der Waals surface area contributed by atoms with E-state index in [2.05, 4.69) is 20.5 Å². The standard InChI is InChI=1S/C15H19N5O2S/c1-7-12(9(3)21)8(2)16-13(7)14(22)10(4)23-15-17-18-19-20(15)11-5-6-11/h10-11,16H,5-6H2,1-4H3/t10-/m1/s1. The van der Waals surface area contributed by atoms with Crippen LogP contribution in [-0.4, -0.2) is 42.0 Å². The van der Waals surface area contributed by atoms with E-state index in [1.807, 2.05) is 13.8 Å². The normalized spacial score (nSPS) is 15.7. The third-order valence-corrected chi connectivity index (χ3v) is 5.09. The fourth-order valence-electron chi connectivity index (χ4n) is 2.75. The second kappa shape index (κ2) is 5.92. The molecule has 2 aromatic heterocycles. The van der Waals surface area contributed by atoms with E-state index in [1.165, 1.54) is 18.7 Å². The van der Waals surface area contributed by atoms with Crippen LogP contribution in [0, 0.1) is 13.8 Å². The minimum Gasteiger partial charge on any atom is -0.355 e. The van der Waals surface area contributed by atoms with Gasteiger partial charge < -0.3 is 4.98 Å². The lowest BCUT2D eigenvalue weighted by molar-refractivity contribution is 0.0988. The number of nitrogens with zero attached hydrogens (tertiary/aromatic N) is 4. The number of H-pyrrole nitrogens is 1. The Bertz CT molecular complexity index is 775. The number of carbonyl (C=O) groups excluding carboxylic acids is 2. The molecule has 1 N–H and O–H groups in total. The molecule has 1 atom stereocenters. The van der Waals surface area contributed by atoms with Crippen molar-refractivity contribution in [2.75, 3.05) is 0 Å². The number of tetrazole rings is 1. The molecule has 0 aromatic carbocycles. The van der Waals surface area contributed by atoms with Crippen LogP contribution in [0.5, 0.6) is 0 Å². The van der Waals surface area contributed by atoms with Crippen LogP contribution in [0.25, 0.3) is 0 Å². The predicted octanol–water partition coefficient (Wildman–Crippen LogP) is 2.52. The number of aromatic nitrogens is 5. The van der Waals surface area contributed by atoms with Crippen molar-refractivity contribution in [3.63, 3.8) is 0 Å². The maximum absolute atomic E-state index is 12.7. The van der Waals surface area contributed by atoms with Crippen molar-refractivity contribution in [3.05, 3.63) is 22.5 Å². The number of nitrogens with one attached hydrogen (secondary N) is 1. The zero-order valence-corrected chi connectivity index (χ0v) is 14.4. The van der Waals surface area contributed by atoms with Crippen LogP contribution in [0.4, 0.5) is 0 Å². The van der Waals surface area contributed by atoms with Crippen molar-refractivity contribution in [1.29, 1.82) is 0 Å². The van der Waals surface area contributed by atoms with Crippen LogP contribution in [0.2, 0.25) is 0 Å². The van der Waals surface area contributed by atoms with E-state index in [4.69, 9.17) is 0 Å². The van der Waals surface area contributed by atoms with Gasteiger partial charge in [0.1, 0.15) is 0 Å². The second-order valence-electron chi connectivity index (χ2n) is 5.94. The maximum atomic E-state index is 12.7. The lowest BCUT2D eigenvalue weighted by Gasteiger charge is -2.09. The van der Waals surface area contributed by atoms with Crippen LogP contribution in [0.1, 0.15) is 64.8 Å². The molecule has 2 heterocycles. The van der Waals surface area contributed by atoms with Crippen molar-refractivity contribution < 1.29 is 9.59 Å². The summed E-state index contributed by atoms with van der Waals surface area (Å²) in [5.74, 6) is -0.0817. The van der Waals surface area contributed by atoms with Gasteiger partial charge in [-0.05, 0) is 56.5 Å². The fraction of sp³-hybridized carbons (Fsp3) is 0.533. The molecule has 0 saturated heterocycles. The lowest BCUT2D eigenvalue weighted by Crippen LogP contribution is -2.16. The van der Waals surface area contributed by atoms with Gasteiger partial charge in [-0.25, -0.2) is 4.68 Å². The molecule has 1 fully saturated rings. The van der Waals surface area contributed by atoms with Gasteiger partial charge in [-0.15, -0.1) is 5.10 Å². The monoisotopic (exact) mass is 333 g/mol. The van der Waals surface area contributed by atoms with E-state index in [0.717, 1.165) is 18.5 Å². The number of ketones is 2.